The third kappa shape index (κ3) is 5.19. The molecule has 21 heavy (non-hydrogen) atoms. The van der Waals surface area contributed by atoms with Crippen molar-refractivity contribution in [1.29, 1.82) is 0 Å². The van der Waals surface area contributed by atoms with E-state index in [2.05, 4.69) is 0 Å². The lowest BCUT2D eigenvalue weighted by Gasteiger charge is -2.12. The van der Waals surface area contributed by atoms with E-state index in [1.807, 2.05) is 54.6 Å². The fourth-order valence-electron chi connectivity index (χ4n) is 1.88. The van der Waals surface area contributed by atoms with E-state index in [0.29, 0.717) is 6.61 Å². The van der Waals surface area contributed by atoms with Crippen molar-refractivity contribution < 1.29 is 19.7 Å². The van der Waals surface area contributed by atoms with Crippen LogP contribution in [0.25, 0.3) is 0 Å². The zero-order valence-electron chi connectivity index (χ0n) is 11.8. The summed E-state index contributed by atoms with van der Waals surface area (Å²) in [4.78, 5) is 0. The van der Waals surface area contributed by atoms with Crippen molar-refractivity contribution in [2.45, 2.75) is 12.7 Å². The number of ether oxygens (including phenoxy) is 2. The smallest absolute Gasteiger partial charge is 0.119 e. The number of hydrogen-bond acceptors (Lipinski definition) is 4. The van der Waals surface area contributed by atoms with E-state index in [4.69, 9.17) is 14.6 Å². The Morgan fingerprint density at radius 3 is 2.33 bits per heavy atom. The van der Waals surface area contributed by atoms with E-state index < -0.39 is 6.10 Å². The summed E-state index contributed by atoms with van der Waals surface area (Å²) < 4.78 is 10.8. The molecule has 4 heteroatoms. The third-order valence-corrected chi connectivity index (χ3v) is 3.02. The minimum atomic E-state index is -0.695. The van der Waals surface area contributed by atoms with Crippen LogP contribution in [0.15, 0.2) is 54.6 Å². The first kappa shape index (κ1) is 15.5. The van der Waals surface area contributed by atoms with Gasteiger partial charge in [-0.2, -0.15) is 0 Å². The molecule has 0 bridgehead atoms. The van der Waals surface area contributed by atoms with Gasteiger partial charge in [0.25, 0.3) is 0 Å². The molecule has 0 heterocycles. The summed E-state index contributed by atoms with van der Waals surface area (Å²) in [6.07, 6.45) is -0.695. The largest absolute Gasteiger partial charge is 0.489 e. The molecule has 0 aliphatic rings. The molecule has 0 aliphatic carbocycles. The average Bonchev–Trinajstić information content (AvgIpc) is 2.54. The molecule has 0 saturated heterocycles. The second-order valence-electron chi connectivity index (χ2n) is 4.66. The molecule has 2 rings (SSSR count). The van der Waals surface area contributed by atoms with Gasteiger partial charge in [-0.05, 0) is 23.3 Å². The first-order valence-corrected chi connectivity index (χ1v) is 6.93. The normalized spacial score (nSPS) is 12.1. The molecule has 1 atom stereocenters. The minimum Gasteiger partial charge on any atom is -0.489 e. The van der Waals surface area contributed by atoms with E-state index in [9.17, 15) is 5.11 Å². The fraction of sp³-hybridized carbons (Fsp3) is 0.294. The molecule has 1 unspecified atom stereocenters. The molecule has 0 aromatic heterocycles. The topological polar surface area (TPSA) is 58.9 Å². The molecular formula is C17H20O4. The Kier molecular flexibility index (Phi) is 6.22. The van der Waals surface area contributed by atoms with Crippen molar-refractivity contribution in [3.63, 3.8) is 0 Å². The van der Waals surface area contributed by atoms with E-state index in [0.717, 1.165) is 16.9 Å². The van der Waals surface area contributed by atoms with Gasteiger partial charge < -0.3 is 19.7 Å². The second kappa shape index (κ2) is 8.42. The van der Waals surface area contributed by atoms with E-state index in [-0.39, 0.29) is 19.8 Å². The monoisotopic (exact) mass is 288 g/mol. The summed E-state index contributed by atoms with van der Waals surface area (Å²) in [6.45, 7) is 0.876. The second-order valence-corrected chi connectivity index (χ2v) is 4.66. The molecule has 4 nitrogen and oxygen atoms in total. The molecule has 2 aromatic carbocycles. The molecule has 0 aliphatic heterocycles. The van der Waals surface area contributed by atoms with Crippen molar-refractivity contribution in [2.75, 3.05) is 19.8 Å². The molecule has 0 amide bonds. The predicted molar refractivity (Wildman–Crippen MR) is 80.1 cm³/mol. The molecule has 0 radical (unpaired) electrons. The van der Waals surface area contributed by atoms with E-state index in [1.54, 1.807) is 0 Å². The minimum absolute atomic E-state index is 0.0427. The lowest BCUT2D eigenvalue weighted by molar-refractivity contribution is 0.0206. The highest BCUT2D eigenvalue weighted by Crippen LogP contribution is 2.19. The van der Waals surface area contributed by atoms with Crippen molar-refractivity contribution in [3.05, 3.63) is 65.7 Å². The standard InChI is InChI=1S/C17H20O4/c18-10-11-20-13-17(19)15-6-8-16(9-7-15)21-12-14-4-2-1-3-5-14/h1-9,17-19H,10-13H2. The molecule has 0 fully saturated rings. The van der Waals surface area contributed by atoms with Gasteiger partial charge in [-0.25, -0.2) is 0 Å². The Labute approximate surface area is 124 Å². The van der Waals surface area contributed by atoms with Gasteiger partial charge in [0.15, 0.2) is 0 Å². The van der Waals surface area contributed by atoms with Crippen molar-refractivity contribution in [3.8, 4) is 5.75 Å². The predicted octanol–water partition coefficient (Wildman–Crippen LogP) is 2.31. The number of aliphatic hydroxyl groups excluding tert-OH is 2. The van der Waals surface area contributed by atoms with Gasteiger partial charge in [0.2, 0.25) is 0 Å². The van der Waals surface area contributed by atoms with Gasteiger partial charge in [-0.15, -0.1) is 0 Å². The SMILES string of the molecule is OCCOCC(O)c1ccc(OCc2ccccc2)cc1. The van der Waals surface area contributed by atoms with Crippen molar-refractivity contribution >= 4 is 0 Å². The number of aliphatic hydroxyl groups is 2. The lowest BCUT2D eigenvalue weighted by atomic mass is 10.1. The van der Waals surface area contributed by atoms with Gasteiger partial charge in [-0.1, -0.05) is 42.5 Å². The van der Waals surface area contributed by atoms with Crippen LogP contribution in [0.3, 0.4) is 0 Å². The van der Waals surface area contributed by atoms with Gasteiger partial charge in [0, 0.05) is 0 Å². The Hall–Kier alpha value is -1.88. The molecule has 2 N–H and O–H groups in total. The molecule has 0 saturated carbocycles. The number of hydrogen-bond donors (Lipinski definition) is 2. The van der Waals surface area contributed by atoms with Crippen LogP contribution in [-0.4, -0.2) is 30.0 Å². The van der Waals surface area contributed by atoms with Crippen LogP contribution >= 0.6 is 0 Å². The summed E-state index contributed by atoms with van der Waals surface area (Å²) >= 11 is 0. The number of benzene rings is 2. The van der Waals surface area contributed by atoms with Crippen LogP contribution in [0.4, 0.5) is 0 Å². The lowest BCUT2D eigenvalue weighted by Crippen LogP contribution is -2.09. The molecular weight excluding hydrogens is 268 g/mol. The average molecular weight is 288 g/mol. The number of rotatable bonds is 8. The Morgan fingerprint density at radius 1 is 0.952 bits per heavy atom. The van der Waals surface area contributed by atoms with Gasteiger partial charge >= 0.3 is 0 Å². The Bertz CT molecular complexity index is 510. The first-order valence-electron chi connectivity index (χ1n) is 6.93. The highest BCUT2D eigenvalue weighted by molar-refractivity contribution is 5.29. The van der Waals surface area contributed by atoms with Gasteiger partial charge in [0.1, 0.15) is 18.5 Å². The molecule has 0 spiro atoms. The summed E-state index contributed by atoms with van der Waals surface area (Å²) in [5.41, 5.74) is 1.87. The van der Waals surface area contributed by atoms with E-state index in [1.165, 1.54) is 0 Å². The van der Waals surface area contributed by atoms with Crippen LogP contribution in [0.2, 0.25) is 0 Å². The van der Waals surface area contributed by atoms with Crippen molar-refractivity contribution in [2.24, 2.45) is 0 Å². The Balaban J connectivity index is 1.84. The summed E-state index contributed by atoms with van der Waals surface area (Å²) in [6, 6.07) is 17.2. The van der Waals surface area contributed by atoms with Gasteiger partial charge in [0.05, 0.1) is 19.8 Å². The maximum atomic E-state index is 9.90. The summed E-state index contributed by atoms with van der Waals surface area (Å²) in [5, 5.41) is 18.5. The maximum Gasteiger partial charge on any atom is 0.119 e. The highest BCUT2D eigenvalue weighted by Gasteiger charge is 2.07. The fourth-order valence-corrected chi connectivity index (χ4v) is 1.88. The van der Waals surface area contributed by atoms with E-state index >= 15 is 0 Å². The van der Waals surface area contributed by atoms with Crippen LogP contribution in [0.5, 0.6) is 5.75 Å². The molecule has 2 aromatic rings. The highest BCUT2D eigenvalue weighted by atomic mass is 16.5. The van der Waals surface area contributed by atoms with Crippen molar-refractivity contribution in [1.82, 2.24) is 0 Å². The quantitative estimate of drug-likeness (QED) is 0.732. The summed E-state index contributed by atoms with van der Waals surface area (Å²) in [7, 11) is 0. The maximum absolute atomic E-state index is 9.90. The van der Waals surface area contributed by atoms with Gasteiger partial charge in [-0.3, -0.25) is 0 Å². The summed E-state index contributed by atoms with van der Waals surface area (Å²) in [5.74, 6) is 0.756. The third-order valence-electron chi connectivity index (χ3n) is 3.02. The van der Waals surface area contributed by atoms with Crippen LogP contribution in [-0.2, 0) is 11.3 Å². The van der Waals surface area contributed by atoms with Crippen LogP contribution < -0.4 is 4.74 Å². The van der Waals surface area contributed by atoms with Crippen LogP contribution in [0.1, 0.15) is 17.2 Å². The first-order chi connectivity index (χ1) is 10.3. The Morgan fingerprint density at radius 2 is 1.67 bits per heavy atom. The zero-order valence-corrected chi connectivity index (χ0v) is 11.8. The molecule has 112 valence electrons. The zero-order chi connectivity index (χ0) is 14.9. The van der Waals surface area contributed by atoms with Crippen LogP contribution in [0, 0.1) is 0 Å².